The second-order valence-electron chi connectivity index (χ2n) is 11.9. The van der Waals surface area contributed by atoms with Crippen molar-refractivity contribution in [3.63, 3.8) is 0 Å². The Hall–Kier alpha value is -2.97. The molecule has 0 aliphatic carbocycles. The van der Waals surface area contributed by atoms with E-state index >= 15 is 0 Å². The molecule has 2 aliphatic heterocycles. The maximum absolute atomic E-state index is 5.47. The van der Waals surface area contributed by atoms with Crippen LogP contribution in [0.25, 0.3) is 27.9 Å². The van der Waals surface area contributed by atoms with Crippen molar-refractivity contribution in [2.45, 2.75) is 59.4 Å². The summed E-state index contributed by atoms with van der Waals surface area (Å²) in [7, 11) is 2.28. The van der Waals surface area contributed by atoms with Gasteiger partial charge in [-0.1, -0.05) is 20.8 Å². The largest absolute Gasteiger partial charge is 0.380 e. The zero-order chi connectivity index (χ0) is 25.9. The van der Waals surface area contributed by atoms with Crippen LogP contribution in [0, 0.1) is 19.3 Å². The Morgan fingerprint density at radius 3 is 2.59 bits per heavy atom. The fourth-order valence-corrected chi connectivity index (χ4v) is 6.29. The first kappa shape index (κ1) is 24.4. The minimum Gasteiger partial charge on any atom is -0.380 e. The smallest absolute Gasteiger partial charge is 0.158 e. The number of fused-ring (bicyclic) bond motifs is 2. The van der Waals surface area contributed by atoms with Gasteiger partial charge in [0.25, 0.3) is 0 Å². The van der Waals surface area contributed by atoms with Crippen LogP contribution in [0.1, 0.15) is 56.2 Å². The van der Waals surface area contributed by atoms with Crippen LogP contribution in [0.2, 0.25) is 0 Å². The molecule has 1 N–H and O–H groups in total. The van der Waals surface area contributed by atoms with Gasteiger partial charge in [-0.15, -0.1) is 0 Å². The van der Waals surface area contributed by atoms with Crippen molar-refractivity contribution in [2.75, 3.05) is 44.8 Å². The molecule has 0 spiro atoms. The molecule has 6 heterocycles. The summed E-state index contributed by atoms with van der Waals surface area (Å²) in [5.74, 6) is 1.41. The molecule has 2 fully saturated rings. The van der Waals surface area contributed by atoms with E-state index in [0.29, 0.717) is 17.4 Å². The number of rotatable bonds is 6. The molecule has 0 radical (unpaired) electrons. The maximum atomic E-state index is 5.47. The van der Waals surface area contributed by atoms with Gasteiger partial charge >= 0.3 is 0 Å². The number of pyridine rings is 2. The molecule has 2 aliphatic rings. The van der Waals surface area contributed by atoms with Crippen LogP contribution in [-0.2, 0) is 4.74 Å². The van der Waals surface area contributed by atoms with Gasteiger partial charge in [-0.05, 0) is 62.9 Å². The number of ether oxygens (including phenoxy) is 1. The monoisotopic (exact) mass is 501 g/mol. The van der Waals surface area contributed by atoms with E-state index in [9.17, 15) is 0 Å². The van der Waals surface area contributed by atoms with Crippen molar-refractivity contribution in [3.8, 4) is 11.3 Å². The van der Waals surface area contributed by atoms with Crippen LogP contribution in [0.15, 0.2) is 24.7 Å². The van der Waals surface area contributed by atoms with Gasteiger partial charge in [0.1, 0.15) is 12.1 Å². The molecule has 0 bridgehead atoms. The second kappa shape index (κ2) is 9.10. The summed E-state index contributed by atoms with van der Waals surface area (Å²) in [5, 5.41) is 4.42. The second-order valence-corrected chi connectivity index (χ2v) is 11.9. The van der Waals surface area contributed by atoms with E-state index in [2.05, 4.69) is 84.9 Å². The third-order valence-corrected chi connectivity index (χ3v) is 8.58. The summed E-state index contributed by atoms with van der Waals surface area (Å²) in [6.07, 6.45) is 6.05. The molecule has 196 valence electrons. The van der Waals surface area contributed by atoms with Crippen LogP contribution in [0.3, 0.4) is 0 Å². The molecule has 4 aromatic rings. The Balaban J connectivity index is 1.29. The third kappa shape index (κ3) is 4.20. The number of nitrogens with one attached hydrogen (secondary N) is 1. The summed E-state index contributed by atoms with van der Waals surface area (Å²) in [5.41, 5.74) is 9.35. The standard InChI is InChI=1S/C29H39N7O/c1-18(2)25-26(22-13-36-28(30-17-31-36)20(4)19(22)3)32-23-7-8-24(33-27(23)25)35-11-9-21(10-12-35)34(6)14-29(5)15-37-16-29/h7-8,13,17-18,21,32H,9-12,14-16H2,1-6H3. The van der Waals surface area contributed by atoms with Gasteiger partial charge in [-0.2, -0.15) is 5.10 Å². The average Bonchev–Trinajstić information content (AvgIpc) is 3.49. The summed E-state index contributed by atoms with van der Waals surface area (Å²) in [6.45, 7) is 16.1. The lowest BCUT2D eigenvalue weighted by Gasteiger charge is -2.44. The Morgan fingerprint density at radius 2 is 1.92 bits per heavy atom. The van der Waals surface area contributed by atoms with Crippen LogP contribution < -0.4 is 4.90 Å². The number of H-pyrrole nitrogens is 1. The molecule has 8 nitrogen and oxygen atoms in total. The predicted octanol–water partition coefficient (Wildman–Crippen LogP) is 4.95. The molecule has 0 aromatic carbocycles. The number of piperidine rings is 1. The minimum atomic E-state index is 0.326. The first-order valence-corrected chi connectivity index (χ1v) is 13.6. The summed E-state index contributed by atoms with van der Waals surface area (Å²) in [6, 6.07) is 5.02. The molecular formula is C29H39N7O. The van der Waals surface area contributed by atoms with E-state index in [-0.39, 0.29) is 0 Å². The van der Waals surface area contributed by atoms with Gasteiger partial charge in [0.15, 0.2) is 5.65 Å². The molecule has 4 aromatic heterocycles. The number of aryl methyl sites for hydroxylation is 1. The van der Waals surface area contributed by atoms with Gasteiger partial charge in [0, 0.05) is 48.4 Å². The van der Waals surface area contributed by atoms with Gasteiger partial charge in [0.2, 0.25) is 0 Å². The lowest BCUT2D eigenvalue weighted by molar-refractivity contribution is -0.116. The summed E-state index contributed by atoms with van der Waals surface area (Å²) >= 11 is 0. The minimum absolute atomic E-state index is 0.326. The van der Waals surface area contributed by atoms with Crippen molar-refractivity contribution in [1.29, 1.82) is 0 Å². The quantitative estimate of drug-likeness (QED) is 0.403. The number of nitrogens with zero attached hydrogens (tertiary/aromatic N) is 6. The number of anilines is 1. The van der Waals surface area contributed by atoms with Crippen molar-refractivity contribution >= 4 is 22.5 Å². The zero-order valence-electron chi connectivity index (χ0n) is 23.0. The number of hydrogen-bond donors (Lipinski definition) is 1. The number of aromatic nitrogens is 5. The normalized spacial score (nSPS) is 18.4. The van der Waals surface area contributed by atoms with E-state index < -0.39 is 0 Å². The average molecular weight is 502 g/mol. The van der Waals surface area contributed by atoms with Crippen LogP contribution >= 0.6 is 0 Å². The SMILES string of the molecule is Cc1c(-c2[nH]c3ccc(N4CCC(N(C)CC5(C)COC5)CC4)nc3c2C(C)C)cn2ncnc2c1C. The fourth-order valence-electron chi connectivity index (χ4n) is 6.29. The van der Waals surface area contributed by atoms with Crippen molar-refractivity contribution in [1.82, 2.24) is 29.5 Å². The van der Waals surface area contributed by atoms with Crippen molar-refractivity contribution in [2.24, 2.45) is 5.41 Å². The van der Waals surface area contributed by atoms with E-state index in [1.165, 1.54) is 24.0 Å². The molecule has 37 heavy (non-hydrogen) atoms. The number of aromatic amines is 1. The van der Waals surface area contributed by atoms with Crippen LogP contribution in [-0.4, -0.2) is 75.4 Å². The summed E-state index contributed by atoms with van der Waals surface area (Å²) in [4.78, 5) is 18.4. The van der Waals surface area contributed by atoms with Gasteiger partial charge < -0.3 is 19.5 Å². The van der Waals surface area contributed by atoms with E-state index in [1.807, 2.05) is 4.52 Å². The highest BCUT2D eigenvalue weighted by Gasteiger charge is 2.36. The highest BCUT2D eigenvalue weighted by molar-refractivity contribution is 5.90. The highest BCUT2D eigenvalue weighted by atomic mass is 16.5. The first-order chi connectivity index (χ1) is 17.7. The molecule has 6 rings (SSSR count). The Bertz CT molecular complexity index is 1440. The molecule has 0 amide bonds. The van der Waals surface area contributed by atoms with E-state index in [1.54, 1.807) is 6.33 Å². The fraction of sp³-hybridized carbons (Fsp3) is 0.552. The topological polar surface area (TPSA) is 74.6 Å². The van der Waals surface area contributed by atoms with Gasteiger partial charge in [-0.3, -0.25) is 0 Å². The Kier molecular flexibility index (Phi) is 5.99. The van der Waals surface area contributed by atoms with Crippen LogP contribution in [0.4, 0.5) is 5.82 Å². The lowest BCUT2D eigenvalue weighted by Crippen LogP contribution is -2.52. The third-order valence-electron chi connectivity index (χ3n) is 8.58. The molecule has 0 atom stereocenters. The molecule has 2 saturated heterocycles. The maximum Gasteiger partial charge on any atom is 0.158 e. The summed E-state index contributed by atoms with van der Waals surface area (Å²) < 4.78 is 7.35. The highest BCUT2D eigenvalue weighted by Crippen LogP contribution is 2.38. The number of hydrogen-bond acceptors (Lipinski definition) is 6. The first-order valence-electron chi connectivity index (χ1n) is 13.6. The molecular weight excluding hydrogens is 462 g/mol. The van der Waals surface area contributed by atoms with Crippen molar-refractivity contribution < 1.29 is 4.74 Å². The van der Waals surface area contributed by atoms with Gasteiger partial charge in [0.05, 0.1) is 29.9 Å². The lowest BCUT2D eigenvalue weighted by atomic mass is 9.87. The Morgan fingerprint density at radius 1 is 1.16 bits per heavy atom. The zero-order valence-corrected chi connectivity index (χ0v) is 23.0. The molecule has 0 unspecified atom stereocenters. The van der Waals surface area contributed by atoms with E-state index in [4.69, 9.17) is 9.72 Å². The van der Waals surface area contributed by atoms with Gasteiger partial charge in [-0.25, -0.2) is 14.5 Å². The van der Waals surface area contributed by atoms with E-state index in [0.717, 1.165) is 72.2 Å². The molecule has 8 heteroatoms. The van der Waals surface area contributed by atoms with Crippen LogP contribution in [0.5, 0.6) is 0 Å². The molecule has 0 saturated carbocycles. The van der Waals surface area contributed by atoms with Crippen molar-refractivity contribution in [3.05, 3.63) is 41.3 Å². The predicted molar refractivity (Wildman–Crippen MR) is 148 cm³/mol. The Labute approximate surface area is 219 Å².